The first-order chi connectivity index (χ1) is 14.6. The molecule has 1 aromatic rings. The number of likely N-dealkylation sites (tertiary alicyclic amines) is 2. The predicted molar refractivity (Wildman–Crippen MR) is 115 cm³/mol. The Bertz CT molecular complexity index is 773. The largest absolute Gasteiger partial charge is 0.356 e. The van der Waals surface area contributed by atoms with Crippen LogP contribution in [0.1, 0.15) is 61.7 Å². The van der Waals surface area contributed by atoms with Gasteiger partial charge in [-0.2, -0.15) is 0 Å². The third-order valence-electron chi connectivity index (χ3n) is 7.20. The second-order valence-electron chi connectivity index (χ2n) is 9.16. The summed E-state index contributed by atoms with van der Waals surface area (Å²) in [7, 11) is 0. The zero-order chi connectivity index (χ0) is 21.0. The molecule has 30 heavy (non-hydrogen) atoms. The molecule has 3 aliphatic rings. The van der Waals surface area contributed by atoms with Gasteiger partial charge >= 0.3 is 0 Å². The molecule has 1 unspecified atom stereocenters. The van der Waals surface area contributed by atoms with E-state index in [1.807, 2.05) is 40.1 Å². The van der Waals surface area contributed by atoms with E-state index in [-0.39, 0.29) is 29.1 Å². The molecule has 1 aliphatic carbocycles. The summed E-state index contributed by atoms with van der Waals surface area (Å²) in [5.41, 5.74) is 0.609. The van der Waals surface area contributed by atoms with Crippen molar-refractivity contribution in [2.45, 2.75) is 51.4 Å². The Labute approximate surface area is 179 Å². The molecule has 1 atom stereocenters. The fourth-order valence-corrected chi connectivity index (χ4v) is 5.56. The molecule has 0 bridgehead atoms. The average molecular weight is 412 g/mol. The lowest BCUT2D eigenvalue weighted by Gasteiger charge is -2.37. The van der Waals surface area contributed by atoms with Gasteiger partial charge < -0.3 is 15.1 Å². The summed E-state index contributed by atoms with van der Waals surface area (Å²) >= 11 is 0. The van der Waals surface area contributed by atoms with Gasteiger partial charge in [-0.3, -0.25) is 14.4 Å². The van der Waals surface area contributed by atoms with Crippen LogP contribution >= 0.6 is 0 Å². The van der Waals surface area contributed by atoms with Crippen molar-refractivity contribution in [1.29, 1.82) is 0 Å². The first kappa shape index (κ1) is 20.9. The van der Waals surface area contributed by atoms with Gasteiger partial charge in [-0.1, -0.05) is 37.5 Å². The molecule has 0 radical (unpaired) electrons. The molecule has 1 saturated carbocycles. The predicted octanol–water partition coefficient (Wildman–Crippen LogP) is 2.84. The summed E-state index contributed by atoms with van der Waals surface area (Å²) in [4.78, 5) is 41.7. The van der Waals surface area contributed by atoms with Crippen LogP contribution in [0.4, 0.5) is 0 Å². The van der Waals surface area contributed by atoms with E-state index >= 15 is 0 Å². The summed E-state index contributed by atoms with van der Waals surface area (Å²) in [5.74, 6) is 0.198. The monoisotopic (exact) mass is 411 g/mol. The third kappa shape index (κ3) is 4.37. The molecule has 1 aromatic carbocycles. The van der Waals surface area contributed by atoms with E-state index in [0.717, 1.165) is 45.1 Å². The highest BCUT2D eigenvalue weighted by Gasteiger charge is 2.51. The Morgan fingerprint density at radius 1 is 1.07 bits per heavy atom. The number of carbonyl (C=O) groups is 3. The highest BCUT2D eigenvalue weighted by Crippen LogP contribution is 2.48. The first-order valence-corrected chi connectivity index (χ1v) is 11.5. The van der Waals surface area contributed by atoms with Crippen LogP contribution in [0.5, 0.6) is 0 Å². The van der Waals surface area contributed by atoms with Crippen molar-refractivity contribution in [3.05, 3.63) is 35.9 Å². The van der Waals surface area contributed by atoms with Gasteiger partial charge in [-0.25, -0.2) is 0 Å². The summed E-state index contributed by atoms with van der Waals surface area (Å²) in [6.07, 6.45) is 7.90. The fourth-order valence-electron chi connectivity index (χ4n) is 5.56. The van der Waals surface area contributed by atoms with Crippen molar-refractivity contribution in [3.63, 3.8) is 0 Å². The van der Waals surface area contributed by atoms with Gasteiger partial charge in [0.2, 0.25) is 11.8 Å². The Morgan fingerprint density at radius 2 is 1.83 bits per heavy atom. The molecule has 0 aromatic heterocycles. The van der Waals surface area contributed by atoms with E-state index < -0.39 is 0 Å². The van der Waals surface area contributed by atoms with Crippen LogP contribution in [-0.4, -0.2) is 60.2 Å². The van der Waals surface area contributed by atoms with Crippen LogP contribution in [0.25, 0.3) is 0 Å². The summed E-state index contributed by atoms with van der Waals surface area (Å²) in [5, 5.41) is 3.12. The summed E-state index contributed by atoms with van der Waals surface area (Å²) in [6, 6.07) is 9.38. The number of rotatable bonds is 6. The second-order valence-corrected chi connectivity index (χ2v) is 9.16. The van der Waals surface area contributed by atoms with Gasteiger partial charge in [-0.05, 0) is 37.8 Å². The molecule has 2 aliphatic heterocycles. The van der Waals surface area contributed by atoms with Crippen molar-refractivity contribution in [2.75, 3.05) is 32.7 Å². The van der Waals surface area contributed by atoms with Crippen LogP contribution in [-0.2, 0) is 9.59 Å². The highest BCUT2D eigenvalue weighted by molar-refractivity contribution is 5.95. The van der Waals surface area contributed by atoms with Crippen LogP contribution in [0.15, 0.2) is 30.3 Å². The number of carbonyl (C=O) groups excluding carboxylic acids is 3. The molecular formula is C24H33N3O3. The van der Waals surface area contributed by atoms with Crippen LogP contribution < -0.4 is 5.32 Å². The number of hydrogen-bond donors (Lipinski definition) is 1. The quantitative estimate of drug-likeness (QED) is 0.732. The van der Waals surface area contributed by atoms with E-state index in [2.05, 4.69) is 5.32 Å². The van der Waals surface area contributed by atoms with Crippen molar-refractivity contribution >= 4 is 17.7 Å². The van der Waals surface area contributed by atoms with Gasteiger partial charge in [0.25, 0.3) is 5.91 Å². The molecule has 6 heteroatoms. The molecule has 1 N–H and O–H groups in total. The zero-order valence-electron chi connectivity index (χ0n) is 17.8. The van der Waals surface area contributed by atoms with E-state index in [4.69, 9.17) is 0 Å². The summed E-state index contributed by atoms with van der Waals surface area (Å²) < 4.78 is 0. The minimum Gasteiger partial charge on any atom is -0.356 e. The van der Waals surface area contributed by atoms with E-state index in [1.54, 1.807) is 0 Å². The van der Waals surface area contributed by atoms with Crippen molar-refractivity contribution in [3.8, 4) is 0 Å². The van der Waals surface area contributed by atoms with Gasteiger partial charge in [0.1, 0.15) is 0 Å². The lowest BCUT2D eigenvalue weighted by molar-refractivity contribution is -0.128. The lowest BCUT2D eigenvalue weighted by atomic mass is 9.67. The van der Waals surface area contributed by atoms with E-state index in [9.17, 15) is 14.4 Å². The lowest BCUT2D eigenvalue weighted by Crippen LogP contribution is -2.43. The maximum Gasteiger partial charge on any atom is 0.253 e. The normalized spacial score (nSPS) is 23.2. The fraction of sp³-hybridized carbons (Fsp3) is 0.625. The molecule has 4 rings (SSSR count). The SMILES string of the molecule is O=C(NCCCN1CCCC1=O)C1CN(C(=O)c2ccccc2)CC12CCCCC2. The van der Waals surface area contributed by atoms with Gasteiger partial charge in [0.15, 0.2) is 0 Å². The third-order valence-corrected chi connectivity index (χ3v) is 7.20. The topological polar surface area (TPSA) is 69.7 Å². The van der Waals surface area contributed by atoms with Gasteiger partial charge in [0, 0.05) is 50.1 Å². The van der Waals surface area contributed by atoms with Crippen molar-refractivity contribution in [2.24, 2.45) is 11.3 Å². The maximum atomic E-state index is 13.2. The minimum absolute atomic E-state index is 0.0309. The molecule has 6 nitrogen and oxygen atoms in total. The van der Waals surface area contributed by atoms with Gasteiger partial charge in [0.05, 0.1) is 5.92 Å². The number of nitrogens with one attached hydrogen (secondary N) is 1. The molecular weight excluding hydrogens is 378 g/mol. The Balaban J connectivity index is 1.37. The maximum absolute atomic E-state index is 13.2. The van der Waals surface area contributed by atoms with Crippen LogP contribution in [0.2, 0.25) is 0 Å². The van der Waals surface area contributed by atoms with E-state index in [0.29, 0.717) is 38.2 Å². The zero-order valence-corrected chi connectivity index (χ0v) is 17.8. The standard InChI is InChI=1S/C24H33N3O3/c28-21-11-7-15-26(21)16-8-14-25-22(29)20-17-27(18-24(20)12-5-2-6-13-24)23(30)19-9-3-1-4-10-19/h1,3-4,9-10,20H,2,5-8,11-18H2,(H,25,29). The second kappa shape index (κ2) is 9.19. The van der Waals surface area contributed by atoms with E-state index in [1.165, 1.54) is 6.42 Å². The average Bonchev–Trinajstić information content (AvgIpc) is 3.35. The molecule has 2 saturated heterocycles. The molecule has 162 valence electrons. The Morgan fingerprint density at radius 3 is 2.53 bits per heavy atom. The van der Waals surface area contributed by atoms with Crippen LogP contribution in [0.3, 0.4) is 0 Å². The minimum atomic E-state index is -0.140. The summed E-state index contributed by atoms with van der Waals surface area (Å²) in [6.45, 7) is 3.33. The number of hydrogen-bond acceptors (Lipinski definition) is 3. The Kier molecular flexibility index (Phi) is 6.40. The molecule has 3 amide bonds. The highest BCUT2D eigenvalue weighted by atomic mass is 16.2. The van der Waals surface area contributed by atoms with Gasteiger partial charge in [-0.15, -0.1) is 0 Å². The van der Waals surface area contributed by atoms with Crippen molar-refractivity contribution < 1.29 is 14.4 Å². The number of benzene rings is 1. The molecule has 2 heterocycles. The smallest absolute Gasteiger partial charge is 0.253 e. The number of amides is 3. The molecule has 3 fully saturated rings. The van der Waals surface area contributed by atoms with Crippen LogP contribution in [0, 0.1) is 11.3 Å². The molecule has 1 spiro atoms. The number of nitrogens with zero attached hydrogens (tertiary/aromatic N) is 2. The Hall–Kier alpha value is -2.37. The first-order valence-electron chi connectivity index (χ1n) is 11.5. The van der Waals surface area contributed by atoms with Crippen molar-refractivity contribution in [1.82, 2.24) is 15.1 Å².